The van der Waals surface area contributed by atoms with E-state index in [0.717, 1.165) is 16.8 Å². The molecule has 200 valence electrons. The second-order valence-electron chi connectivity index (χ2n) is 8.95. The maximum absolute atomic E-state index is 14.9. The number of nitro groups is 1. The highest BCUT2D eigenvalue weighted by Crippen LogP contribution is 2.29. The van der Waals surface area contributed by atoms with Gasteiger partial charge in [-0.2, -0.15) is 0 Å². The highest BCUT2D eigenvalue weighted by molar-refractivity contribution is 5.69. The highest BCUT2D eigenvalue weighted by atomic mass is 19.4. The Bertz CT molecular complexity index is 1360. The van der Waals surface area contributed by atoms with Crippen LogP contribution in [0.25, 0.3) is 5.57 Å². The van der Waals surface area contributed by atoms with E-state index in [4.69, 9.17) is 4.74 Å². The van der Waals surface area contributed by atoms with Crippen LogP contribution in [0.15, 0.2) is 54.7 Å². The molecule has 2 aromatic carbocycles. The van der Waals surface area contributed by atoms with Gasteiger partial charge in [-0.25, -0.2) is 4.39 Å². The van der Waals surface area contributed by atoms with Crippen LogP contribution in [-0.2, 0) is 13.1 Å². The lowest BCUT2D eigenvalue weighted by Gasteiger charge is -2.29. The number of hydrogen-bond acceptors (Lipinski definition) is 7. The quantitative estimate of drug-likeness (QED) is 0.268. The highest BCUT2D eigenvalue weighted by Gasteiger charge is 2.31. The zero-order chi connectivity index (χ0) is 26.9. The number of nitrogens with zero attached hydrogens (tertiary/aromatic N) is 4. The number of nitrogens with one attached hydrogen (secondary N) is 1. The van der Waals surface area contributed by atoms with Crippen molar-refractivity contribution in [1.29, 1.82) is 0 Å². The summed E-state index contributed by atoms with van der Waals surface area (Å²) in [6.45, 7) is 2.09. The molecule has 0 aliphatic carbocycles. The molecule has 1 atom stereocenters. The summed E-state index contributed by atoms with van der Waals surface area (Å²) in [4.78, 5) is 16.1. The standard InChI is InChI=1S/C25H23F4N5O4/c26-22-11-20(32-9-7-17(8-10-32)16-2-5-21(6-3-16)38-25(27,28)29)4-1-18(22)12-30-19-13-33-14-23(34(35)36)31-24(33)37-15-19/h1-7,11,14,19,30H,8-10,12-13,15H2/t19-/m0/s1. The summed E-state index contributed by atoms with van der Waals surface area (Å²) in [7, 11) is 0. The van der Waals surface area contributed by atoms with Crippen LogP contribution in [0.2, 0.25) is 0 Å². The predicted molar refractivity (Wildman–Crippen MR) is 129 cm³/mol. The Labute approximate surface area is 214 Å². The van der Waals surface area contributed by atoms with E-state index < -0.39 is 11.3 Å². The van der Waals surface area contributed by atoms with E-state index in [2.05, 4.69) is 15.0 Å². The zero-order valence-electron chi connectivity index (χ0n) is 19.9. The minimum absolute atomic E-state index is 0.171. The first kappa shape index (κ1) is 25.5. The van der Waals surface area contributed by atoms with Crippen molar-refractivity contribution in [1.82, 2.24) is 14.9 Å². The molecule has 1 N–H and O–H groups in total. The Balaban J connectivity index is 1.16. The van der Waals surface area contributed by atoms with Crippen molar-refractivity contribution in [2.24, 2.45) is 0 Å². The number of alkyl halides is 3. The number of aromatic nitrogens is 2. The van der Waals surface area contributed by atoms with E-state index in [0.29, 0.717) is 31.6 Å². The molecule has 38 heavy (non-hydrogen) atoms. The molecule has 5 rings (SSSR count). The summed E-state index contributed by atoms with van der Waals surface area (Å²) in [6, 6.07) is 10.8. The lowest BCUT2D eigenvalue weighted by molar-refractivity contribution is -0.389. The van der Waals surface area contributed by atoms with Gasteiger partial charge in [-0.1, -0.05) is 24.3 Å². The second kappa shape index (κ2) is 10.3. The molecule has 0 spiro atoms. The van der Waals surface area contributed by atoms with Crippen molar-refractivity contribution in [3.8, 4) is 11.8 Å². The molecule has 0 saturated heterocycles. The van der Waals surface area contributed by atoms with Gasteiger partial charge in [-0.05, 0) is 46.7 Å². The summed E-state index contributed by atoms with van der Waals surface area (Å²) in [5.41, 5.74) is 3.02. The van der Waals surface area contributed by atoms with E-state index >= 15 is 0 Å². The number of benzene rings is 2. The summed E-state index contributed by atoms with van der Waals surface area (Å²) in [6.07, 6.45) is -0.781. The van der Waals surface area contributed by atoms with Crippen LogP contribution in [-0.4, -0.2) is 46.6 Å². The molecule has 2 aliphatic heterocycles. The van der Waals surface area contributed by atoms with Gasteiger partial charge < -0.3 is 29.8 Å². The fourth-order valence-corrected chi connectivity index (χ4v) is 4.48. The number of ether oxygens (including phenoxy) is 2. The van der Waals surface area contributed by atoms with Crippen LogP contribution in [0.3, 0.4) is 0 Å². The molecular weight excluding hydrogens is 510 g/mol. The first-order valence-corrected chi connectivity index (χ1v) is 11.8. The minimum atomic E-state index is -4.73. The third kappa shape index (κ3) is 5.88. The van der Waals surface area contributed by atoms with Crippen molar-refractivity contribution in [3.63, 3.8) is 0 Å². The van der Waals surface area contributed by atoms with Gasteiger partial charge in [-0.3, -0.25) is 4.57 Å². The predicted octanol–water partition coefficient (Wildman–Crippen LogP) is 4.67. The number of anilines is 1. The maximum atomic E-state index is 14.9. The van der Waals surface area contributed by atoms with Gasteiger partial charge in [0.05, 0.1) is 6.04 Å². The molecule has 0 saturated carbocycles. The Hall–Kier alpha value is -4.13. The van der Waals surface area contributed by atoms with Crippen LogP contribution in [0, 0.1) is 15.9 Å². The van der Waals surface area contributed by atoms with Crippen LogP contribution in [0.4, 0.5) is 29.1 Å². The lowest BCUT2D eigenvalue weighted by atomic mass is 9.99. The van der Waals surface area contributed by atoms with Crippen molar-refractivity contribution in [2.75, 3.05) is 24.6 Å². The second-order valence-corrected chi connectivity index (χ2v) is 8.95. The SMILES string of the molecule is O=[N+]([O-])c1cn2c(n1)OC[C@@H](NCc1ccc(N3CC=C(c4ccc(OC(F)(F)F)cc4)CC3)cc1F)C2. The summed E-state index contributed by atoms with van der Waals surface area (Å²) in [5.74, 6) is -0.910. The Morgan fingerprint density at radius 2 is 2.00 bits per heavy atom. The van der Waals surface area contributed by atoms with Crippen molar-refractivity contribution < 1.29 is 32.0 Å². The van der Waals surface area contributed by atoms with Crippen LogP contribution in [0.5, 0.6) is 11.8 Å². The molecule has 2 aliphatic rings. The van der Waals surface area contributed by atoms with Gasteiger partial charge in [0.1, 0.15) is 24.4 Å². The Kier molecular flexibility index (Phi) is 6.93. The van der Waals surface area contributed by atoms with Gasteiger partial charge in [-0.15, -0.1) is 13.2 Å². The molecule has 9 nitrogen and oxygen atoms in total. The number of hydrogen-bond donors (Lipinski definition) is 1. The van der Waals surface area contributed by atoms with Crippen molar-refractivity contribution >= 4 is 17.1 Å². The third-order valence-electron chi connectivity index (χ3n) is 6.40. The molecule has 1 aromatic heterocycles. The van der Waals surface area contributed by atoms with E-state index in [1.54, 1.807) is 22.8 Å². The Morgan fingerprint density at radius 3 is 2.66 bits per heavy atom. The van der Waals surface area contributed by atoms with Crippen molar-refractivity contribution in [2.45, 2.75) is 31.9 Å². The van der Waals surface area contributed by atoms with Crippen LogP contribution >= 0.6 is 0 Å². The Morgan fingerprint density at radius 1 is 1.21 bits per heavy atom. The fourth-order valence-electron chi connectivity index (χ4n) is 4.48. The molecule has 0 radical (unpaired) electrons. The monoisotopic (exact) mass is 533 g/mol. The van der Waals surface area contributed by atoms with Crippen LogP contribution < -0.4 is 19.7 Å². The van der Waals surface area contributed by atoms with Gasteiger partial charge in [0, 0.05) is 42.4 Å². The topological polar surface area (TPSA) is 94.7 Å². The maximum Gasteiger partial charge on any atom is 0.573 e. The lowest BCUT2D eigenvalue weighted by Crippen LogP contribution is -2.41. The van der Waals surface area contributed by atoms with E-state index in [1.807, 2.05) is 17.0 Å². The molecule has 3 aromatic rings. The molecular formula is C25H23F4N5O4. The number of rotatable bonds is 7. The van der Waals surface area contributed by atoms with Gasteiger partial charge in [0.2, 0.25) is 0 Å². The smallest absolute Gasteiger partial charge is 0.444 e. The molecule has 0 bridgehead atoms. The minimum Gasteiger partial charge on any atom is -0.444 e. The van der Waals surface area contributed by atoms with Gasteiger partial charge in [0.25, 0.3) is 0 Å². The van der Waals surface area contributed by atoms with Crippen molar-refractivity contribution in [3.05, 3.63) is 81.8 Å². The molecule has 0 unspecified atom stereocenters. The molecule has 0 amide bonds. The van der Waals surface area contributed by atoms with E-state index in [1.165, 1.54) is 24.4 Å². The summed E-state index contributed by atoms with van der Waals surface area (Å²) in [5, 5.41) is 14.1. The molecule has 0 fully saturated rings. The first-order valence-electron chi connectivity index (χ1n) is 11.8. The van der Waals surface area contributed by atoms with Gasteiger partial charge >= 0.3 is 18.2 Å². The first-order chi connectivity index (χ1) is 18.1. The molecule has 13 heteroatoms. The normalized spacial score (nSPS) is 17.4. The molecule has 3 heterocycles. The average Bonchev–Trinajstić information content (AvgIpc) is 3.32. The van der Waals surface area contributed by atoms with E-state index in [9.17, 15) is 27.7 Å². The van der Waals surface area contributed by atoms with Crippen LogP contribution in [0.1, 0.15) is 17.5 Å². The largest absolute Gasteiger partial charge is 0.573 e. The number of fused-ring (bicyclic) bond motifs is 1. The third-order valence-corrected chi connectivity index (χ3v) is 6.40. The fraction of sp³-hybridized carbons (Fsp3) is 0.320. The number of halogens is 4. The summed E-state index contributed by atoms with van der Waals surface area (Å²) < 4.78 is 62.9. The van der Waals surface area contributed by atoms with Gasteiger partial charge in [0.15, 0.2) is 0 Å². The zero-order valence-corrected chi connectivity index (χ0v) is 19.9. The van der Waals surface area contributed by atoms with E-state index in [-0.39, 0.29) is 42.6 Å². The summed E-state index contributed by atoms with van der Waals surface area (Å²) >= 11 is 0. The average molecular weight is 533 g/mol. The number of imidazole rings is 1.